The van der Waals surface area contributed by atoms with Gasteiger partial charge in [0.2, 0.25) is 0 Å². The van der Waals surface area contributed by atoms with Crippen molar-refractivity contribution in [3.05, 3.63) is 59.9 Å². The number of aliphatic hydroxyl groups excluding tert-OH is 1. The van der Waals surface area contributed by atoms with E-state index in [2.05, 4.69) is 9.80 Å². The van der Waals surface area contributed by atoms with Crippen LogP contribution in [-0.4, -0.2) is 49.3 Å². The van der Waals surface area contributed by atoms with Gasteiger partial charge in [0.1, 0.15) is 11.6 Å². The molecule has 2 aromatic rings. The van der Waals surface area contributed by atoms with E-state index in [1.165, 1.54) is 12.1 Å². The molecular weight excluding hydrogens is 331 g/mol. The maximum absolute atomic E-state index is 13.0. The van der Waals surface area contributed by atoms with Gasteiger partial charge in [-0.2, -0.15) is 0 Å². The number of rotatable bonds is 8. The highest BCUT2D eigenvalue weighted by Crippen LogP contribution is 2.19. The van der Waals surface area contributed by atoms with Gasteiger partial charge in [-0.1, -0.05) is 18.2 Å². The number of nitrogens with zero attached hydrogens (tertiary/aromatic N) is 2. The van der Waals surface area contributed by atoms with Gasteiger partial charge in [0, 0.05) is 37.4 Å². The molecule has 1 N–H and O–H groups in total. The van der Waals surface area contributed by atoms with Gasteiger partial charge >= 0.3 is 0 Å². The molecule has 5 heteroatoms. The summed E-state index contributed by atoms with van der Waals surface area (Å²) in [7, 11) is 0. The summed E-state index contributed by atoms with van der Waals surface area (Å²) in [6, 6.07) is 14.4. The van der Waals surface area contributed by atoms with E-state index >= 15 is 0 Å². The lowest BCUT2D eigenvalue weighted by molar-refractivity contribution is 0.234. The summed E-state index contributed by atoms with van der Waals surface area (Å²) in [4.78, 5) is 4.78. The minimum atomic E-state index is -0.184. The maximum Gasteiger partial charge on any atom is 0.124 e. The monoisotopic (exact) mass is 358 g/mol. The van der Waals surface area contributed by atoms with Crippen molar-refractivity contribution in [3.8, 4) is 5.75 Å². The van der Waals surface area contributed by atoms with Crippen molar-refractivity contribution >= 4 is 5.69 Å². The number of unbranched alkanes of at least 4 members (excludes halogenated alkanes) is 1. The minimum Gasteiger partial charge on any atom is -0.493 e. The van der Waals surface area contributed by atoms with E-state index in [1.807, 2.05) is 36.4 Å². The van der Waals surface area contributed by atoms with Crippen LogP contribution in [0.2, 0.25) is 0 Å². The Bertz CT molecular complexity index is 670. The fourth-order valence-corrected chi connectivity index (χ4v) is 3.28. The van der Waals surface area contributed by atoms with Gasteiger partial charge in [-0.3, -0.25) is 4.90 Å². The van der Waals surface area contributed by atoms with E-state index in [-0.39, 0.29) is 12.4 Å². The molecule has 0 spiro atoms. The molecule has 0 saturated carbocycles. The minimum absolute atomic E-state index is 0.00844. The molecule has 1 fully saturated rings. The van der Waals surface area contributed by atoms with Gasteiger partial charge in [-0.25, -0.2) is 4.39 Å². The van der Waals surface area contributed by atoms with Crippen LogP contribution >= 0.6 is 0 Å². The second kappa shape index (κ2) is 9.55. The molecule has 0 aliphatic carbocycles. The lowest BCUT2D eigenvalue weighted by Crippen LogP contribution is -2.46. The van der Waals surface area contributed by atoms with Crippen LogP contribution in [0.4, 0.5) is 10.1 Å². The van der Waals surface area contributed by atoms with Gasteiger partial charge in [0.25, 0.3) is 0 Å². The lowest BCUT2D eigenvalue weighted by Gasteiger charge is -2.36. The van der Waals surface area contributed by atoms with Crippen LogP contribution in [0.5, 0.6) is 5.75 Å². The third-order valence-electron chi connectivity index (χ3n) is 4.83. The van der Waals surface area contributed by atoms with Crippen LogP contribution in [0.1, 0.15) is 18.4 Å². The Hall–Kier alpha value is -2.11. The van der Waals surface area contributed by atoms with Crippen LogP contribution < -0.4 is 9.64 Å². The Balaban J connectivity index is 1.32. The highest BCUT2D eigenvalue weighted by atomic mass is 19.1. The Morgan fingerprint density at radius 2 is 1.65 bits per heavy atom. The Labute approximate surface area is 154 Å². The van der Waals surface area contributed by atoms with Crippen molar-refractivity contribution in [1.29, 1.82) is 0 Å². The molecule has 1 heterocycles. The summed E-state index contributed by atoms with van der Waals surface area (Å²) in [6.45, 7) is 5.78. The first kappa shape index (κ1) is 18.7. The molecule has 140 valence electrons. The fourth-order valence-electron chi connectivity index (χ4n) is 3.28. The number of benzene rings is 2. The Morgan fingerprint density at radius 1 is 0.923 bits per heavy atom. The van der Waals surface area contributed by atoms with Gasteiger partial charge in [0.15, 0.2) is 0 Å². The quantitative estimate of drug-likeness (QED) is 0.735. The van der Waals surface area contributed by atoms with E-state index in [0.29, 0.717) is 6.61 Å². The molecule has 0 unspecified atom stereocenters. The van der Waals surface area contributed by atoms with Crippen LogP contribution in [0.15, 0.2) is 48.5 Å². The first-order chi connectivity index (χ1) is 12.8. The third-order valence-corrected chi connectivity index (χ3v) is 4.83. The Kier molecular flexibility index (Phi) is 6.86. The standard InChI is InChI=1S/C21H27FN2O2/c22-19-7-9-20(10-8-19)24-14-12-23(13-15-24)11-3-4-16-26-21-6-2-1-5-18(21)17-25/h1-2,5-10,25H,3-4,11-17H2. The van der Waals surface area contributed by atoms with Gasteiger partial charge in [-0.05, 0) is 49.7 Å². The van der Waals surface area contributed by atoms with Crippen molar-refractivity contribution in [2.75, 3.05) is 44.2 Å². The van der Waals surface area contributed by atoms with Crippen LogP contribution in [0.25, 0.3) is 0 Å². The average molecular weight is 358 g/mol. The van der Waals surface area contributed by atoms with Crippen molar-refractivity contribution in [3.63, 3.8) is 0 Å². The first-order valence-electron chi connectivity index (χ1n) is 9.31. The SMILES string of the molecule is OCc1ccccc1OCCCCN1CCN(c2ccc(F)cc2)CC1. The molecule has 2 aromatic carbocycles. The number of hydrogen-bond donors (Lipinski definition) is 1. The smallest absolute Gasteiger partial charge is 0.124 e. The summed E-state index contributed by atoms with van der Waals surface area (Å²) < 4.78 is 18.8. The van der Waals surface area contributed by atoms with E-state index in [4.69, 9.17) is 4.74 Å². The van der Waals surface area contributed by atoms with E-state index in [9.17, 15) is 9.50 Å². The second-order valence-corrected chi connectivity index (χ2v) is 6.63. The molecule has 26 heavy (non-hydrogen) atoms. The Morgan fingerprint density at radius 3 is 2.38 bits per heavy atom. The van der Waals surface area contributed by atoms with Crippen molar-refractivity contribution in [1.82, 2.24) is 4.90 Å². The van der Waals surface area contributed by atoms with Crippen molar-refractivity contribution < 1.29 is 14.2 Å². The van der Waals surface area contributed by atoms with E-state index in [1.54, 1.807) is 0 Å². The lowest BCUT2D eigenvalue weighted by atomic mass is 10.2. The van der Waals surface area contributed by atoms with Crippen LogP contribution in [0, 0.1) is 5.82 Å². The zero-order valence-corrected chi connectivity index (χ0v) is 15.1. The number of piperazine rings is 1. The zero-order valence-electron chi connectivity index (χ0n) is 15.1. The fraction of sp³-hybridized carbons (Fsp3) is 0.429. The van der Waals surface area contributed by atoms with Gasteiger partial charge in [-0.15, -0.1) is 0 Å². The van der Waals surface area contributed by atoms with Gasteiger partial charge in [0.05, 0.1) is 13.2 Å². The second-order valence-electron chi connectivity index (χ2n) is 6.63. The number of hydrogen-bond acceptors (Lipinski definition) is 4. The summed E-state index contributed by atoms with van der Waals surface area (Å²) in [5.41, 5.74) is 1.94. The average Bonchev–Trinajstić information content (AvgIpc) is 2.69. The van der Waals surface area contributed by atoms with Crippen LogP contribution in [0.3, 0.4) is 0 Å². The molecule has 0 amide bonds. The third kappa shape index (κ3) is 5.19. The van der Waals surface area contributed by atoms with E-state index in [0.717, 1.165) is 62.6 Å². The summed E-state index contributed by atoms with van der Waals surface area (Å²) in [5.74, 6) is 0.596. The summed E-state index contributed by atoms with van der Waals surface area (Å²) in [6.07, 6.45) is 2.09. The molecule has 0 radical (unpaired) electrons. The highest BCUT2D eigenvalue weighted by Gasteiger charge is 2.16. The number of aliphatic hydroxyl groups is 1. The normalized spacial score (nSPS) is 15.2. The number of anilines is 1. The number of ether oxygens (including phenoxy) is 1. The molecular formula is C21H27FN2O2. The maximum atomic E-state index is 13.0. The first-order valence-corrected chi connectivity index (χ1v) is 9.31. The van der Waals surface area contributed by atoms with Crippen LogP contribution in [-0.2, 0) is 6.61 Å². The molecule has 1 aliphatic heterocycles. The molecule has 1 aliphatic rings. The number of halogens is 1. The predicted octanol–water partition coefficient (Wildman–Crippen LogP) is 3.30. The zero-order chi connectivity index (χ0) is 18.2. The molecule has 0 atom stereocenters. The molecule has 1 saturated heterocycles. The highest BCUT2D eigenvalue weighted by molar-refractivity contribution is 5.46. The largest absolute Gasteiger partial charge is 0.493 e. The van der Waals surface area contributed by atoms with E-state index < -0.39 is 0 Å². The summed E-state index contributed by atoms with van der Waals surface area (Å²) >= 11 is 0. The van der Waals surface area contributed by atoms with Crippen molar-refractivity contribution in [2.45, 2.75) is 19.4 Å². The molecule has 3 rings (SSSR count). The molecule has 0 aromatic heterocycles. The topological polar surface area (TPSA) is 35.9 Å². The summed E-state index contributed by atoms with van der Waals surface area (Å²) in [5, 5.41) is 9.30. The predicted molar refractivity (Wildman–Crippen MR) is 102 cm³/mol. The molecule has 0 bridgehead atoms. The van der Waals surface area contributed by atoms with Gasteiger partial charge < -0.3 is 14.7 Å². The van der Waals surface area contributed by atoms with Crippen molar-refractivity contribution in [2.24, 2.45) is 0 Å². The number of para-hydroxylation sites is 1. The molecule has 4 nitrogen and oxygen atoms in total.